The predicted molar refractivity (Wildman–Crippen MR) is 102 cm³/mol. The monoisotopic (exact) mass is 409 g/mol. The number of rotatable bonds is 10. The second-order valence-corrected chi connectivity index (χ2v) is 6.25. The van der Waals surface area contributed by atoms with Gasteiger partial charge >= 0.3 is 29.0 Å². The average molecular weight is 409 g/mol. The first-order valence-corrected chi connectivity index (χ1v) is 8.29. The number of nitrogens with zero attached hydrogens (tertiary/aromatic N) is 3. The van der Waals surface area contributed by atoms with Gasteiger partial charge in [0.2, 0.25) is 0 Å². The van der Waals surface area contributed by atoms with Crippen LogP contribution in [0.1, 0.15) is 20.8 Å². The maximum Gasteiger partial charge on any atom is 0.341 e. The van der Waals surface area contributed by atoms with E-state index < -0.39 is 49.2 Å². The van der Waals surface area contributed by atoms with E-state index in [9.17, 15) is 24.0 Å². The summed E-state index contributed by atoms with van der Waals surface area (Å²) in [4.78, 5) is 60.8. The molecule has 0 aromatic carbocycles. The van der Waals surface area contributed by atoms with E-state index in [1.165, 1.54) is 13.8 Å². The van der Waals surface area contributed by atoms with Gasteiger partial charge in [-0.3, -0.25) is 0 Å². The number of ether oxygens (including phenoxy) is 3. The zero-order valence-corrected chi connectivity index (χ0v) is 16.6. The van der Waals surface area contributed by atoms with Crippen molar-refractivity contribution in [3.8, 4) is 0 Å². The van der Waals surface area contributed by atoms with Gasteiger partial charge in [0.05, 0.1) is 6.61 Å². The van der Waals surface area contributed by atoms with Gasteiger partial charge in [-0.25, -0.2) is 37.7 Å². The molecule has 158 valence electrons. The van der Waals surface area contributed by atoms with Crippen molar-refractivity contribution in [2.24, 2.45) is 0 Å². The summed E-state index contributed by atoms with van der Waals surface area (Å²) in [5.41, 5.74) is -2.55. The Balaban J connectivity index is 3.39. The summed E-state index contributed by atoms with van der Waals surface area (Å²) < 4.78 is 16.4. The van der Waals surface area contributed by atoms with Crippen LogP contribution in [0.3, 0.4) is 0 Å². The Morgan fingerprint density at radius 1 is 0.724 bits per heavy atom. The molecule has 0 aliphatic carbocycles. The van der Waals surface area contributed by atoms with E-state index in [4.69, 9.17) is 14.2 Å². The molecule has 0 aliphatic heterocycles. The van der Waals surface area contributed by atoms with Crippen LogP contribution in [-0.2, 0) is 44.0 Å². The Kier molecular flexibility index (Phi) is 8.27. The first-order chi connectivity index (χ1) is 13.5. The highest BCUT2D eigenvalue weighted by molar-refractivity contribution is 5.87. The molecule has 0 bridgehead atoms. The van der Waals surface area contributed by atoms with Gasteiger partial charge in [0.1, 0.15) is 6.73 Å². The minimum atomic E-state index is -1.14. The largest absolute Gasteiger partial charge is 0.440 e. The van der Waals surface area contributed by atoms with Crippen molar-refractivity contribution in [1.29, 1.82) is 0 Å². The zero-order valence-electron chi connectivity index (χ0n) is 16.6. The molecule has 0 aliphatic rings. The van der Waals surface area contributed by atoms with Crippen LogP contribution in [-0.4, -0.2) is 32.2 Å². The van der Waals surface area contributed by atoms with E-state index in [1.54, 1.807) is 6.92 Å². The molecule has 1 aromatic heterocycles. The predicted octanol–water partition coefficient (Wildman–Crippen LogP) is -0.124. The van der Waals surface area contributed by atoms with Crippen LogP contribution in [0.5, 0.6) is 0 Å². The second kappa shape index (κ2) is 10.2. The molecule has 0 N–H and O–H groups in total. The number of esters is 2. The molecule has 11 heteroatoms. The molecule has 0 fully saturated rings. The molecule has 0 amide bonds. The Bertz CT molecular complexity index is 957. The molecule has 0 saturated carbocycles. The summed E-state index contributed by atoms with van der Waals surface area (Å²) in [6.45, 7) is 12.8. The topological polar surface area (TPSA) is 128 Å². The highest BCUT2D eigenvalue weighted by atomic mass is 16.6. The lowest BCUT2D eigenvalue weighted by atomic mass is 10.4. The fraction of sp³-hybridized carbons (Fsp3) is 0.389. The van der Waals surface area contributed by atoms with Crippen LogP contribution < -0.4 is 17.1 Å². The van der Waals surface area contributed by atoms with E-state index in [0.29, 0.717) is 19.3 Å². The van der Waals surface area contributed by atoms with Crippen LogP contribution in [0, 0.1) is 0 Å². The quantitative estimate of drug-likeness (QED) is 0.297. The molecule has 29 heavy (non-hydrogen) atoms. The lowest BCUT2D eigenvalue weighted by Crippen LogP contribution is -2.55. The van der Waals surface area contributed by atoms with Crippen molar-refractivity contribution in [2.75, 3.05) is 6.61 Å². The number of hydrogen-bond donors (Lipinski definition) is 0. The van der Waals surface area contributed by atoms with Crippen LogP contribution in [0.2, 0.25) is 0 Å². The third kappa shape index (κ3) is 6.28. The number of aromatic nitrogens is 3. The smallest absolute Gasteiger partial charge is 0.341 e. The number of hydrogen-bond acceptors (Lipinski definition) is 8. The molecule has 0 unspecified atom stereocenters. The molecule has 1 heterocycles. The van der Waals surface area contributed by atoms with Crippen molar-refractivity contribution < 1.29 is 23.8 Å². The molecule has 11 nitrogen and oxygen atoms in total. The van der Waals surface area contributed by atoms with Gasteiger partial charge in [-0.05, 0) is 20.8 Å². The summed E-state index contributed by atoms with van der Waals surface area (Å²) in [6.07, 6.45) is 0. The molecule has 0 atom stereocenters. The van der Waals surface area contributed by atoms with Gasteiger partial charge in [0, 0.05) is 11.1 Å². The second-order valence-electron chi connectivity index (χ2n) is 6.25. The molecule has 1 aromatic rings. The molecule has 0 radical (unpaired) electrons. The maximum atomic E-state index is 12.5. The zero-order chi connectivity index (χ0) is 22.3. The maximum absolute atomic E-state index is 12.5. The number of carbonyl (C=O) groups excluding carboxylic acids is 2. The van der Waals surface area contributed by atoms with Crippen molar-refractivity contribution >= 4 is 11.9 Å². The van der Waals surface area contributed by atoms with Crippen LogP contribution >= 0.6 is 0 Å². The molecule has 0 spiro atoms. The normalized spacial score (nSPS) is 10.3. The summed E-state index contributed by atoms with van der Waals surface area (Å²) >= 11 is 0. The summed E-state index contributed by atoms with van der Waals surface area (Å²) in [5.74, 6) is -1.68. The van der Waals surface area contributed by atoms with Gasteiger partial charge in [-0.15, -0.1) is 0 Å². The van der Waals surface area contributed by atoms with Crippen LogP contribution in [0.4, 0.5) is 0 Å². The highest BCUT2D eigenvalue weighted by Gasteiger charge is 2.18. The lowest BCUT2D eigenvalue weighted by Gasteiger charge is -2.14. The Labute approximate surface area is 165 Å². The van der Waals surface area contributed by atoms with E-state index >= 15 is 0 Å². The molecular weight excluding hydrogens is 386 g/mol. The minimum absolute atomic E-state index is 0.0480. The first-order valence-electron chi connectivity index (χ1n) is 8.29. The third-order valence-electron chi connectivity index (χ3n) is 3.30. The summed E-state index contributed by atoms with van der Waals surface area (Å²) in [6, 6.07) is 0. The SMILES string of the molecule is C=C(C)COCn1c(=O)n(COC(=O)C(=C)C)c(=O)n(COC(=O)C(=C)C)c1=O. The Morgan fingerprint density at radius 3 is 1.38 bits per heavy atom. The number of carbonyl (C=O) groups is 2. The van der Waals surface area contributed by atoms with Crippen molar-refractivity contribution in [1.82, 2.24) is 13.7 Å². The Hall–Kier alpha value is -3.47. The standard InChI is InChI=1S/C18H23N3O8/c1-11(2)7-27-8-19-16(24)20(9-28-14(22)12(3)4)18(26)21(17(19)25)10-29-15(23)13(5)6/h1,3,5,7-10H2,2,4,6H3. The van der Waals surface area contributed by atoms with E-state index in [2.05, 4.69) is 19.7 Å². The molecule has 0 saturated heterocycles. The summed E-state index contributed by atoms with van der Waals surface area (Å²) in [5, 5.41) is 0. The summed E-state index contributed by atoms with van der Waals surface area (Å²) in [7, 11) is 0. The third-order valence-corrected chi connectivity index (χ3v) is 3.30. The fourth-order valence-electron chi connectivity index (χ4n) is 1.82. The van der Waals surface area contributed by atoms with Gasteiger partial charge in [0.15, 0.2) is 13.5 Å². The van der Waals surface area contributed by atoms with Crippen molar-refractivity contribution in [3.05, 3.63) is 67.9 Å². The van der Waals surface area contributed by atoms with E-state index in [-0.39, 0.29) is 17.8 Å². The molecular formula is C18H23N3O8. The van der Waals surface area contributed by atoms with Gasteiger partial charge < -0.3 is 14.2 Å². The van der Waals surface area contributed by atoms with Gasteiger partial charge in [-0.1, -0.05) is 25.3 Å². The average Bonchev–Trinajstić information content (AvgIpc) is 2.63. The lowest BCUT2D eigenvalue weighted by molar-refractivity contribution is -0.143. The first kappa shape index (κ1) is 23.6. The van der Waals surface area contributed by atoms with Crippen molar-refractivity contribution in [2.45, 2.75) is 41.0 Å². The van der Waals surface area contributed by atoms with Crippen LogP contribution in [0.15, 0.2) is 50.8 Å². The van der Waals surface area contributed by atoms with Crippen molar-refractivity contribution in [3.63, 3.8) is 0 Å². The van der Waals surface area contributed by atoms with Crippen LogP contribution in [0.25, 0.3) is 0 Å². The Morgan fingerprint density at radius 2 is 1.07 bits per heavy atom. The molecule has 1 rings (SSSR count). The minimum Gasteiger partial charge on any atom is -0.440 e. The van der Waals surface area contributed by atoms with Gasteiger partial charge in [-0.2, -0.15) is 0 Å². The van der Waals surface area contributed by atoms with E-state index in [1.807, 2.05) is 0 Å². The van der Waals surface area contributed by atoms with Gasteiger partial charge in [0.25, 0.3) is 0 Å². The fourth-order valence-corrected chi connectivity index (χ4v) is 1.82. The highest BCUT2D eigenvalue weighted by Crippen LogP contribution is 1.95. The van der Waals surface area contributed by atoms with E-state index in [0.717, 1.165) is 0 Å².